The highest BCUT2D eigenvalue weighted by molar-refractivity contribution is 8.00. The van der Waals surface area contributed by atoms with Crippen molar-refractivity contribution in [3.63, 3.8) is 0 Å². The summed E-state index contributed by atoms with van der Waals surface area (Å²) in [6, 6.07) is 24.1. The Morgan fingerprint density at radius 2 is 1.58 bits per heavy atom. The highest BCUT2D eigenvalue weighted by Crippen LogP contribution is 2.35. The first kappa shape index (κ1) is 25.7. The van der Waals surface area contributed by atoms with Crippen LogP contribution in [-0.2, 0) is 11.2 Å². The van der Waals surface area contributed by atoms with Gasteiger partial charge in [-0.3, -0.25) is 4.79 Å². The Morgan fingerprint density at radius 3 is 2.21 bits per heavy atom. The van der Waals surface area contributed by atoms with E-state index in [4.69, 9.17) is 15.1 Å². The lowest BCUT2D eigenvalue weighted by Gasteiger charge is -2.16. The average Bonchev–Trinajstić information content (AvgIpc) is 3.30. The molecule has 3 aromatic carbocycles. The van der Waals surface area contributed by atoms with Gasteiger partial charge in [-0.25, -0.2) is 14.6 Å². The van der Waals surface area contributed by atoms with Gasteiger partial charge in [-0.15, -0.1) is 0 Å². The third kappa shape index (κ3) is 5.07. The van der Waals surface area contributed by atoms with E-state index >= 15 is 0 Å². The molecule has 0 saturated heterocycles. The lowest BCUT2D eigenvalue weighted by atomic mass is 10.1. The van der Waals surface area contributed by atoms with E-state index in [2.05, 4.69) is 31.3 Å². The molecule has 2 aromatic heterocycles. The largest absolute Gasteiger partial charge is 0.325 e. The van der Waals surface area contributed by atoms with Crippen LogP contribution in [0.1, 0.15) is 36.2 Å². The van der Waals surface area contributed by atoms with E-state index in [0.29, 0.717) is 5.82 Å². The fourth-order valence-electron chi connectivity index (χ4n) is 4.67. The number of benzene rings is 3. The molecule has 0 unspecified atom stereocenters. The molecule has 0 spiro atoms. The van der Waals surface area contributed by atoms with Crippen LogP contribution in [0.25, 0.3) is 28.1 Å². The van der Waals surface area contributed by atoms with Gasteiger partial charge in [0.1, 0.15) is 5.03 Å². The van der Waals surface area contributed by atoms with Gasteiger partial charge in [0, 0.05) is 11.3 Å². The van der Waals surface area contributed by atoms with Gasteiger partial charge >= 0.3 is 0 Å². The zero-order valence-corrected chi connectivity index (χ0v) is 23.1. The zero-order valence-electron chi connectivity index (χ0n) is 22.3. The Hall–Kier alpha value is -3.97. The predicted octanol–water partition coefficient (Wildman–Crippen LogP) is 7.09. The summed E-state index contributed by atoms with van der Waals surface area (Å²) >= 11 is 1.45. The van der Waals surface area contributed by atoms with Crippen molar-refractivity contribution in [3.8, 4) is 17.1 Å². The number of aromatic nitrogens is 4. The van der Waals surface area contributed by atoms with Crippen molar-refractivity contribution in [2.75, 3.05) is 5.32 Å². The molecule has 5 aromatic rings. The number of carbonyl (C=O) groups is 1. The van der Waals surface area contributed by atoms with E-state index in [-0.39, 0.29) is 11.2 Å². The molecule has 5 rings (SSSR count). The summed E-state index contributed by atoms with van der Waals surface area (Å²) in [6.07, 6.45) is 0.722. The monoisotopic (exact) mass is 521 g/mol. The number of para-hydroxylation sites is 1. The maximum atomic E-state index is 13.4. The smallest absolute Gasteiger partial charge is 0.237 e. The number of hydrogen-bond donors (Lipinski definition) is 1. The van der Waals surface area contributed by atoms with E-state index in [1.54, 1.807) is 0 Å². The van der Waals surface area contributed by atoms with Crippen molar-refractivity contribution in [2.24, 2.45) is 0 Å². The number of hydrogen-bond acceptors (Lipinski definition) is 5. The zero-order chi connectivity index (χ0) is 26.8. The molecule has 0 fully saturated rings. The Bertz CT molecular complexity index is 1590. The molecule has 1 atom stereocenters. The van der Waals surface area contributed by atoms with Crippen LogP contribution in [0.4, 0.5) is 5.69 Å². The summed E-state index contributed by atoms with van der Waals surface area (Å²) in [5.41, 5.74) is 7.66. The first-order chi connectivity index (χ1) is 18.4. The first-order valence-electron chi connectivity index (χ1n) is 12.8. The van der Waals surface area contributed by atoms with Gasteiger partial charge in [0.2, 0.25) is 5.91 Å². The number of fused-ring (bicyclic) bond motifs is 1. The third-order valence-electron chi connectivity index (χ3n) is 6.52. The Morgan fingerprint density at radius 1 is 0.947 bits per heavy atom. The Balaban J connectivity index is 1.59. The molecule has 0 aliphatic rings. The number of thioether (sulfide) groups is 1. The summed E-state index contributed by atoms with van der Waals surface area (Å²) in [6.45, 7) is 10.1. The Labute approximate surface area is 227 Å². The summed E-state index contributed by atoms with van der Waals surface area (Å²) in [5, 5.41) is 9.34. The standard InChI is InChI=1S/C31H31N5OS/c1-6-25-26-29(36(35-25)24-15-11-8-12-16-24)33-28(23-13-9-7-10-14-23)34-31(26)38-22(5)30(37)32-27-20(3)17-19(2)18-21(27)4/h7-18,22H,6H2,1-5H3,(H,32,37)/t22-/m1/s1. The van der Waals surface area contributed by atoms with Crippen LogP contribution < -0.4 is 5.32 Å². The lowest BCUT2D eigenvalue weighted by Crippen LogP contribution is -2.23. The number of amides is 1. The van der Waals surface area contributed by atoms with Crippen LogP contribution >= 0.6 is 11.8 Å². The van der Waals surface area contributed by atoms with Gasteiger partial charge in [0.15, 0.2) is 11.5 Å². The lowest BCUT2D eigenvalue weighted by molar-refractivity contribution is -0.115. The summed E-state index contributed by atoms with van der Waals surface area (Å²) in [7, 11) is 0. The van der Waals surface area contributed by atoms with E-state index < -0.39 is 0 Å². The minimum absolute atomic E-state index is 0.0634. The number of carbonyl (C=O) groups excluding carboxylic acids is 1. The predicted molar refractivity (Wildman–Crippen MR) is 156 cm³/mol. The fourth-order valence-corrected chi connectivity index (χ4v) is 5.64. The summed E-state index contributed by atoms with van der Waals surface area (Å²) < 4.78 is 1.89. The SMILES string of the molecule is CCc1nn(-c2ccccc2)c2nc(-c3ccccc3)nc(S[C@H](C)C(=O)Nc3c(C)cc(C)cc3C)c12. The van der Waals surface area contributed by atoms with E-state index in [1.807, 2.05) is 86.1 Å². The van der Waals surface area contributed by atoms with Crippen molar-refractivity contribution in [1.82, 2.24) is 19.7 Å². The molecule has 1 N–H and O–H groups in total. The van der Waals surface area contributed by atoms with Gasteiger partial charge in [0.25, 0.3) is 0 Å². The van der Waals surface area contributed by atoms with Gasteiger partial charge in [0.05, 0.1) is 22.0 Å². The molecule has 0 bridgehead atoms. The molecule has 7 heteroatoms. The Kier molecular flexibility index (Phi) is 7.29. The van der Waals surface area contributed by atoms with E-state index in [1.165, 1.54) is 17.3 Å². The second kappa shape index (κ2) is 10.8. The highest BCUT2D eigenvalue weighted by atomic mass is 32.2. The van der Waals surface area contributed by atoms with Crippen LogP contribution in [0, 0.1) is 20.8 Å². The summed E-state index contributed by atoms with van der Waals surface area (Å²) in [4.78, 5) is 23.3. The number of rotatable bonds is 7. The fraction of sp³-hybridized carbons (Fsp3) is 0.226. The van der Waals surface area contributed by atoms with Gasteiger partial charge in [-0.1, -0.05) is 84.9 Å². The quantitative estimate of drug-likeness (QED) is 0.183. The second-order valence-corrected chi connectivity index (χ2v) is 10.8. The topological polar surface area (TPSA) is 72.7 Å². The molecule has 0 aliphatic carbocycles. The van der Waals surface area contributed by atoms with Crippen molar-refractivity contribution in [2.45, 2.75) is 51.3 Å². The molecule has 6 nitrogen and oxygen atoms in total. The number of anilines is 1. The van der Waals surface area contributed by atoms with Crippen LogP contribution in [-0.4, -0.2) is 30.9 Å². The minimum Gasteiger partial charge on any atom is -0.325 e. The van der Waals surface area contributed by atoms with E-state index in [9.17, 15) is 4.79 Å². The molecule has 0 aliphatic heterocycles. The van der Waals surface area contributed by atoms with Crippen molar-refractivity contribution >= 4 is 34.4 Å². The third-order valence-corrected chi connectivity index (χ3v) is 7.60. The minimum atomic E-state index is -0.387. The molecule has 0 radical (unpaired) electrons. The van der Waals surface area contributed by atoms with Gasteiger partial charge in [-0.05, 0) is 57.4 Å². The molecule has 38 heavy (non-hydrogen) atoms. The molecule has 0 saturated carbocycles. The van der Waals surface area contributed by atoms with Gasteiger partial charge < -0.3 is 5.32 Å². The van der Waals surface area contributed by atoms with Crippen molar-refractivity contribution in [3.05, 3.63) is 95.2 Å². The van der Waals surface area contributed by atoms with Crippen molar-refractivity contribution < 1.29 is 4.79 Å². The van der Waals surface area contributed by atoms with Crippen LogP contribution in [0.3, 0.4) is 0 Å². The number of aryl methyl sites for hydroxylation is 4. The first-order valence-corrected chi connectivity index (χ1v) is 13.7. The molecule has 1 amide bonds. The molecule has 2 heterocycles. The number of nitrogens with zero attached hydrogens (tertiary/aromatic N) is 4. The normalized spacial score (nSPS) is 12.0. The number of nitrogens with one attached hydrogen (secondary N) is 1. The molecular weight excluding hydrogens is 490 g/mol. The van der Waals surface area contributed by atoms with E-state index in [0.717, 1.165) is 56.2 Å². The van der Waals surface area contributed by atoms with Gasteiger partial charge in [-0.2, -0.15) is 5.10 Å². The van der Waals surface area contributed by atoms with Crippen LogP contribution in [0.15, 0.2) is 77.8 Å². The average molecular weight is 522 g/mol. The molecular formula is C31H31N5OS. The second-order valence-electron chi connectivity index (χ2n) is 9.49. The maximum Gasteiger partial charge on any atom is 0.237 e. The summed E-state index contributed by atoms with van der Waals surface area (Å²) in [5.74, 6) is 0.546. The molecule has 192 valence electrons. The maximum absolute atomic E-state index is 13.4. The van der Waals surface area contributed by atoms with Crippen LogP contribution in [0.5, 0.6) is 0 Å². The van der Waals surface area contributed by atoms with Crippen molar-refractivity contribution in [1.29, 1.82) is 0 Å². The highest BCUT2D eigenvalue weighted by Gasteiger charge is 2.24. The van der Waals surface area contributed by atoms with Crippen LogP contribution in [0.2, 0.25) is 0 Å².